The second-order valence-electron chi connectivity index (χ2n) is 4.67. The summed E-state index contributed by atoms with van der Waals surface area (Å²) in [7, 11) is -3.39. The Morgan fingerprint density at radius 1 is 1.05 bits per heavy atom. The zero-order valence-corrected chi connectivity index (χ0v) is 13.8. The Morgan fingerprint density at radius 3 is 2.25 bits per heavy atom. The highest BCUT2D eigenvalue weighted by Gasteiger charge is 2.20. The smallest absolute Gasteiger partial charge is 0.236 e. The summed E-state index contributed by atoms with van der Waals surface area (Å²) in [6, 6.07) is 14.9. The standard InChI is InChI=1S/C15H16BrNO2S/c1-12-8-13(11-16)10-15(9-12)17(20(2,18)19)14-6-4-3-5-7-14/h3-10H,11H2,1-2H3. The summed E-state index contributed by atoms with van der Waals surface area (Å²) in [6.07, 6.45) is 1.22. The zero-order valence-electron chi connectivity index (χ0n) is 11.4. The van der Waals surface area contributed by atoms with Crippen molar-refractivity contribution in [1.29, 1.82) is 0 Å². The Bertz CT molecular complexity index is 699. The van der Waals surface area contributed by atoms with Crippen LogP contribution in [0.4, 0.5) is 11.4 Å². The molecule has 2 aromatic carbocycles. The third-order valence-electron chi connectivity index (χ3n) is 2.83. The summed E-state index contributed by atoms with van der Waals surface area (Å²) in [6.45, 7) is 1.96. The summed E-state index contributed by atoms with van der Waals surface area (Å²) in [5.74, 6) is 0. The molecular formula is C15H16BrNO2S. The predicted molar refractivity (Wildman–Crippen MR) is 87.2 cm³/mol. The van der Waals surface area contributed by atoms with Crippen molar-refractivity contribution in [2.24, 2.45) is 0 Å². The van der Waals surface area contributed by atoms with E-state index in [1.807, 2.05) is 43.3 Å². The predicted octanol–water partition coefficient (Wildman–Crippen LogP) is 3.99. The molecule has 0 bridgehead atoms. The summed E-state index contributed by atoms with van der Waals surface area (Å²) in [5.41, 5.74) is 3.38. The van der Waals surface area contributed by atoms with E-state index in [0.29, 0.717) is 16.7 Å². The van der Waals surface area contributed by atoms with Crippen molar-refractivity contribution in [3.8, 4) is 0 Å². The molecule has 0 fully saturated rings. The number of alkyl halides is 1. The Labute approximate surface area is 128 Å². The van der Waals surface area contributed by atoms with Gasteiger partial charge in [-0.15, -0.1) is 0 Å². The Kier molecular flexibility index (Phi) is 4.50. The molecular weight excluding hydrogens is 338 g/mol. The molecule has 2 rings (SSSR count). The molecule has 0 heterocycles. The minimum Gasteiger partial charge on any atom is -0.239 e. The van der Waals surface area contributed by atoms with Gasteiger partial charge in [-0.2, -0.15) is 0 Å². The number of aryl methyl sites for hydroxylation is 1. The highest BCUT2D eigenvalue weighted by molar-refractivity contribution is 9.08. The Balaban J connectivity index is 2.62. The number of rotatable bonds is 4. The van der Waals surface area contributed by atoms with Crippen LogP contribution in [0, 0.1) is 6.92 Å². The molecule has 20 heavy (non-hydrogen) atoms. The van der Waals surface area contributed by atoms with Gasteiger partial charge in [-0.25, -0.2) is 12.7 Å². The van der Waals surface area contributed by atoms with E-state index in [4.69, 9.17) is 0 Å². The first-order valence-electron chi connectivity index (χ1n) is 6.13. The molecule has 0 aromatic heterocycles. The van der Waals surface area contributed by atoms with Gasteiger partial charge in [0.05, 0.1) is 17.6 Å². The normalized spacial score (nSPS) is 11.3. The molecule has 0 aliphatic rings. The molecule has 0 saturated carbocycles. The molecule has 0 atom stereocenters. The van der Waals surface area contributed by atoms with Gasteiger partial charge in [-0.3, -0.25) is 0 Å². The highest BCUT2D eigenvalue weighted by Crippen LogP contribution is 2.30. The monoisotopic (exact) mass is 353 g/mol. The maximum atomic E-state index is 12.2. The minimum absolute atomic E-state index is 0.640. The van der Waals surface area contributed by atoms with Gasteiger partial charge in [0, 0.05) is 5.33 Å². The molecule has 0 unspecified atom stereocenters. The van der Waals surface area contributed by atoms with Crippen LogP contribution in [0.5, 0.6) is 0 Å². The fourth-order valence-electron chi connectivity index (χ4n) is 2.13. The maximum absolute atomic E-state index is 12.2. The van der Waals surface area contributed by atoms with Crippen LogP contribution >= 0.6 is 15.9 Å². The number of halogens is 1. The average Bonchev–Trinajstić information content (AvgIpc) is 2.37. The quantitative estimate of drug-likeness (QED) is 0.779. The molecule has 0 saturated heterocycles. The summed E-state index contributed by atoms with van der Waals surface area (Å²) in [5, 5.41) is 0.689. The van der Waals surface area contributed by atoms with Gasteiger partial charge >= 0.3 is 0 Å². The lowest BCUT2D eigenvalue weighted by Crippen LogP contribution is -2.24. The van der Waals surface area contributed by atoms with Crippen LogP contribution in [0.25, 0.3) is 0 Å². The lowest BCUT2D eigenvalue weighted by molar-refractivity contribution is 0.602. The van der Waals surface area contributed by atoms with Gasteiger partial charge in [-0.1, -0.05) is 40.2 Å². The van der Waals surface area contributed by atoms with Crippen molar-refractivity contribution in [3.63, 3.8) is 0 Å². The number of hydrogen-bond donors (Lipinski definition) is 0. The van der Waals surface area contributed by atoms with Crippen molar-refractivity contribution in [1.82, 2.24) is 0 Å². The third kappa shape index (κ3) is 3.41. The van der Waals surface area contributed by atoms with Crippen LogP contribution in [0.3, 0.4) is 0 Å². The first-order chi connectivity index (χ1) is 9.41. The average molecular weight is 354 g/mol. The van der Waals surface area contributed by atoms with Gasteiger partial charge in [0.25, 0.3) is 0 Å². The van der Waals surface area contributed by atoms with Gasteiger partial charge in [0.15, 0.2) is 0 Å². The fraction of sp³-hybridized carbons (Fsp3) is 0.200. The van der Waals surface area contributed by atoms with Gasteiger partial charge < -0.3 is 0 Å². The molecule has 0 aliphatic carbocycles. The lowest BCUT2D eigenvalue weighted by Gasteiger charge is -2.23. The van der Waals surface area contributed by atoms with E-state index < -0.39 is 10.0 Å². The fourth-order valence-corrected chi connectivity index (χ4v) is 3.45. The molecule has 2 aromatic rings. The molecule has 3 nitrogen and oxygen atoms in total. The minimum atomic E-state index is -3.39. The molecule has 5 heteroatoms. The van der Waals surface area contributed by atoms with Crippen molar-refractivity contribution in [2.75, 3.05) is 10.6 Å². The van der Waals surface area contributed by atoms with Crippen LogP contribution in [0.15, 0.2) is 48.5 Å². The van der Waals surface area contributed by atoms with E-state index in [0.717, 1.165) is 11.1 Å². The van der Waals surface area contributed by atoms with E-state index in [9.17, 15) is 8.42 Å². The lowest BCUT2D eigenvalue weighted by atomic mass is 10.1. The molecule has 106 valence electrons. The number of anilines is 2. The van der Waals surface area contributed by atoms with Gasteiger partial charge in [0.2, 0.25) is 10.0 Å². The number of sulfonamides is 1. The van der Waals surface area contributed by atoms with E-state index in [-0.39, 0.29) is 0 Å². The summed E-state index contributed by atoms with van der Waals surface area (Å²) in [4.78, 5) is 0. The molecule has 0 N–H and O–H groups in total. The van der Waals surface area contributed by atoms with Crippen molar-refractivity contribution in [3.05, 3.63) is 59.7 Å². The number of hydrogen-bond acceptors (Lipinski definition) is 2. The number of nitrogens with zero attached hydrogens (tertiary/aromatic N) is 1. The second-order valence-corrected chi connectivity index (χ2v) is 7.07. The van der Waals surface area contributed by atoms with E-state index in [1.165, 1.54) is 10.6 Å². The van der Waals surface area contributed by atoms with E-state index >= 15 is 0 Å². The van der Waals surface area contributed by atoms with Crippen LogP contribution < -0.4 is 4.31 Å². The van der Waals surface area contributed by atoms with E-state index in [2.05, 4.69) is 15.9 Å². The zero-order chi connectivity index (χ0) is 14.8. The van der Waals surface area contributed by atoms with Crippen molar-refractivity contribution in [2.45, 2.75) is 12.3 Å². The Hall–Kier alpha value is -1.33. The first-order valence-corrected chi connectivity index (χ1v) is 9.10. The van der Waals surface area contributed by atoms with Crippen LogP contribution in [-0.2, 0) is 15.4 Å². The molecule has 0 spiro atoms. The third-order valence-corrected chi connectivity index (χ3v) is 4.57. The summed E-state index contributed by atoms with van der Waals surface area (Å²) >= 11 is 3.41. The SMILES string of the molecule is Cc1cc(CBr)cc(N(c2ccccc2)S(C)(=O)=O)c1. The molecule has 0 amide bonds. The van der Waals surface area contributed by atoms with Gasteiger partial charge in [-0.05, 0) is 42.3 Å². The van der Waals surface area contributed by atoms with Crippen molar-refractivity contribution >= 4 is 37.3 Å². The largest absolute Gasteiger partial charge is 0.239 e. The van der Waals surface area contributed by atoms with Crippen molar-refractivity contribution < 1.29 is 8.42 Å². The van der Waals surface area contributed by atoms with Crippen LogP contribution in [0.2, 0.25) is 0 Å². The number of benzene rings is 2. The topological polar surface area (TPSA) is 37.4 Å². The maximum Gasteiger partial charge on any atom is 0.236 e. The van der Waals surface area contributed by atoms with E-state index in [1.54, 1.807) is 12.1 Å². The second kappa shape index (κ2) is 5.97. The highest BCUT2D eigenvalue weighted by atomic mass is 79.9. The van der Waals surface area contributed by atoms with Gasteiger partial charge in [0.1, 0.15) is 0 Å². The number of para-hydroxylation sites is 1. The van der Waals surface area contributed by atoms with Crippen LogP contribution in [-0.4, -0.2) is 14.7 Å². The molecule has 0 aliphatic heterocycles. The van der Waals surface area contributed by atoms with Crippen LogP contribution in [0.1, 0.15) is 11.1 Å². The Morgan fingerprint density at radius 2 is 1.70 bits per heavy atom. The first kappa shape index (κ1) is 15.1. The summed E-state index contributed by atoms with van der Waals surface area (Å²) < 4.78 is 25.7. The molecule has 0 radical (unpaired) electrons.